The number of amides is 3. The van der Waals surface area contributed by atoms with Crippen molar-refractivity contribution in [2.24, 2.45) is 0 Å². The molecule has 7 heteroatoms. The van der Waals surface area contributed by atoms with Crippen LogP contribution in [0.3, 0.4) is 0 Å². The van der Waals surface area contributed by atoms with Gasteiger partial charge in [0.15, 0.2) is 0 Å². The Kier molecular flexibility index (Phi) is 5.28. The summed E-state index contributed by atoms with van der Waals surface area (Å²) < 4.78 is 4.30. The van der Waals surface area contributed by atoms with Crippen LogP contribution in [0.4, 0.5) is 0 Å². The lowest BCUT2D eigenvalue weighted by Crippen LogP contribution is -2.74. The average Bonchev–Trinajstić information content (AvgIpc) is 2.29. The van der Waals surface area contributed by atoms with Crippen LogP contribution in [-0.2, 0) is 14.4 Å². The summed E-state index contributed by atoms with van der Waals surface area (Å²) >= 11 is 0. The van der Waals surface area contributed by atoms with E-state index in [4.69, 9.17) is 0 Å². The van der Waals surface area contributed by atoms with E-state index >= 15 is 0 Å². The first-order valence-electron chi connectivity index (χ1n) is 5.49. The highest BCUT2D eigenvalue weighted by Gasteiger charge is 2.49. The average molecular weight is 271 g/mol. The van der Waals surface area contributed by atoms with Gasteiger partial charge in [0, 0.05) is 41.9 Å². The van der Waals surface area contributed by atoms with Gasteiger partial charge < -0.3 is 13.7 Å². The maximum Gasteiger partial charge on any atom is 0.412 e. The Balaban J connectivity index is 5.91. The Bertz CT molecular complexity index is 333. The van der Waals surface area contributed by atoms with Gasteiger partial charge in [-0.3, -0.25) is 14.4 Å². The third-order valence-corrected chi connectivity index (χ3v) is 7.63. The molecule has 0 radical (unpaired) electrons. The van der Waals surface area contributed by atoms with Gasteiger partial charge >= 0.3 is 8.56 Å². The van der Waals surface area contributed by atoms with E-state index in [1.54, 1.807) is 21.1 Å². The molecule has 0 heterocycles. The third-order valence-electron chi connectivity index (χ3n) is 3.17. The fourth-order valence-electron chi connectivity index (χ4n) is 1.78. The minimum Gasteiger partial charge on any atom is -0.335 e. The topological polar surface area (TPSA) is 60.9 Å². The second kappa shape index (κ2) is 5.81. The maximum atomic E-state index is 11.6. The van der Waals surface area contributed by atoms with Gasteiger partial charge in [-0.25, -0.2) is 0 Å². The van der Waals surface area contributed by atoms with Crippen molar-refractivity contribution >= 4 is 26.3 Å². The van der Waals surface area contributed by atoms with Gasteiger partial charge in [0.2, 0.25) is 17.7 Å². The molecule has 0 bridgehead atoms. The Labute approximate surface area is 109 Å². The molecule has 0 aliphatic rings. The van der Waals surface area contributed by atoms with Crippen molar-refractivity contribution < 1.29 is 14.4 Å². The van der Waals surface area contributed by atoms with Crippen molar-refractivity contribution in [2.75, 3.05) is 21.1 Å². The Morgan fingerprint density at radius 1 is 0.833 bits per heavy atom. The molecule has 0 fully saturated rings. The largest absolute Gasteiger partial charge is 0.412 e. The van der Waals surface area contributed by atoms with Gasteiger partial charge in [-0.1, -0.05) is 0 Å². The Hall–Kier alpha value is -1.63. The van der Waals surface area contributed by atoms with Gasteiger partial charge in [0.05, 0.1) is 0 Å². The normalized spacial score (nSPS) is 10.6. The van der Waals surface area contributed by atoms with E-state index in [1.807, 2.05) is 0 Å². The van der Waals surface area contributed by atoms with Crippen LogP contribution < -0.4 is 0 Å². The van der Waals surface area contributed by atoms with E-state index in [0.717, 1.165) is 0 Å². The molecule has 0 aromatic carbocycles. The van der Waals surface area contributed by atoms with Crippen LogP contribution in [-0.4, -0.2) is 61.1 Å². The standard InChI is InChI=1S/C11H21N3O3Si/c1-8-18(12(5)9(2)15,13(6)10(3)16)14(7)11(4)17/h8H,1H2,2-7H3. The molecule has 0 aliphatic carbocycles. The maximum absolute atomic E-state index is 11.6. The number of rotatable bonds is 4. The van der Waals surface area contributed by atoms with E-state index in [9.17, 15) is 14.4 Å². The van der Waals surface area contributed by atoms with Crippen molar-refractivity contribution in [3.63, 3.8) is 0 Å². The highest BCUT2D eigenvalue weighted by Crippen LogP contribution is 2.19. The second-order valence-electron chi connectivity index (χ2n) is 4.13. The second-order valence-corrected chi connectivity index (χ2v) is 7.92. The SMILES string of the molecule is C=C[Si](N(C)C(C)=O)(N(C)C(C)=O)N(C)C(C)=O. The van der Waals surface area contributed by atoms with Crippen molar-refractivity contribution in [3.05, 3.63) is 12.3 Å². The molecule has 0 aromatic rings. The number of carbonyl (C=O) groups excluding carboxylic acids is 3. The molecule has 0 unspecified atom stereocenters. The zero-order chi connectivity index (χ0) is 14.7. The summed E-state index contributed by atoms with van der Waals surface area (Å²) in [5.41, 5.74) is 1.54. The van der Waals surface area contributed by atoms with Crippen molar-refractivity contribution in [1.29, 1.82) is 0 Å². The fraction of sp³-hybridized carbons (Fsp3) is 0.545. The van der Waals surface area contributed by atoms with E-state index in [2.05, 4.69) is 6.58 Å². The molecule has 0 spiro atoms. The summed E-state index contributed by atoms with van der Waals surface area (Å²) in [6, 6.07) is 0. The quantitative estimate of drug-likeness (QED) is 0.681. The summed E-state index contributed by atoms with van der Waals surface area (Å²) in [6.45, 7) is 7.91. The molecular formula is C11H21N3O3Si. The highest BCUT2D eigenvalue weighted by atomic mass is 28.4. The first-order valence-corrected chi connectivity index (χ1v) is 7.41. The van der Waals surface area contributed by atoms with Crippen LogP contribution in [0.2, 0.25) is 0 Å². The molecule has 0 saturated heterocycles. The number of carbonyl (C=O) groups is 3. The minimum atomic E-state index is -3.05. The zero-order valence-electron chi connectivity index (χ0n) is 11.9. The van der Waals surface area contributed by atoms with Crippen LogP contribution in [0.15, 0.2) is 12.3 Å². The summed E-state index contributed by atoms with van der Waals surface area (Å²) in [4.78, 5) is 34.9. The summed E-state index contributed by atoms with van der Waals surface area (Å²) in [6.07, 6.45) is 0. The molecular weight excluding hydrogens is 250 g/mol. The predicted octanol–water partition coefficient (Wildman–Crippen LogP) is 0.0854. The molecule has 18 heavy (non-hydrogen) atoms. The number of hydrogen-bond donors (Lipinski definition) is 0. The molecule has 0 saturated carbocycles. The summed E-state index contributed by atoms with van der Waals surface area (Å²) in [7, 11) is 1.68. The summed E-state index contributed by atoms with van der Waals surface area (Å²) in [5, 5.41) is 0. The Morgan fingerprint density at radius 2 is 1.06 bits per heavy atom. The summed E-state index contributed by atoms with van der Waals surface area (Å²) in [5.74, 6) is -0.659. The molecule has 102 valence electrons. The van der Waals surface area contributed by atoms with Crippen molar-refractivity contribution in [1.82, 2.24) is 13.7 Å². The Morgan fingerprint density at radius 3 is 1.17 bits per heavy atom. The third kappa shape index (κ3) is 2.61. The smallest absolute Gasteiger partial charge is 0.335 e. The van der Waals surface area contributed by atoms with Crippen LogP contribution in [0.5, 0.6) is 0 Å². The molecule has 0 aliphatic heterocycles. The zero-order valence-corrected chi connectivity index (χ0v) is 12.9. The number of nitrogens with zero attached hydrogens (tertiary/aromatic N) is 3. The van der Waals surface area contributed by atoms with Gasteiger partial charge in [0.25, 0.3) is 0 Å². The van der Waals surface area contributed by atoms with Crippen molar-refractivity contribution in [3.8, 4) is 0 Å². The van der Waals surface area contributed by atoms with E-state index in [0.29, 0.717) is 0 Å². The van der Waals surface area contributed by atoms with E-state index < -0.39 is 8.56 Å². The molecule has 0 atom stereocenters. The molecule has 6 nitrogen and oxygen atoms in total. The van der Waals surface area contributed by atoms with Crippen LogP contribution >= 0.6 is 0 Å². The van der Waals surface area contributed by atoms with Gasteiger partial charge in [-0.05, 0) is 5.70 Å². The monoisotopic (exact) mass is 271 g/mol. The molecule has 0 N–H and O–H groups in total. The predicted molar refractivity (Wildman–Crippen MR) is 71.3 cm³/mol. The lowest BCUT2D eigenvalue weighted by molar-refractivity contribution is -0.128. The molecule has 3 amide bonds. The van der Waals surface area contributed by atoms with Gasteiger partial charge in [-0.2, -0.15) is 0 Å². The van der Waals surface area contributed by atoms with Gasteiger partial charge in [-0.15, -0.1) is 6.58 Å². The molecule has 0 aromatic heterocycles. The van der Waals surface area contributed by atoms with Crippen LogP contribution in [0, 0.1) is 0 Å². The van der Waals surface area contributed by atoms with Crippen molar-refractivity contribution in [2.45, 2.75) is 20.8 Å². The lowest BCUT2D eigenvalue weighted by Gasteiger charge is -2.46. The first kappa shape index (κ1) is 16.4. The molecule has 0 rings (SSSR count). The minimum absolute atomic E-state index is 0.220. The fourth-order valence-corrected chi connectivity index (χ4v) is 5.34. The van der Waals surface area contributed by atoms with Crippen LogP contribution in [0.25, 0.3) is 0 Å². The van der Waals surface area contributed by atoms with E-state index in [1.165, 1.54) is 40.2 Å². The van der Waals surface area contributed by atoms with Crippen LogP contribution in [0.1, 0.15) is 20.8 Å². The van der Waals surface area contributed by atoms with E-state index in [-0.39, 0.29) is 17.7 Å². The lowest BCUT2D eigenvalue weighted by atomic mass is 10.7. The highest BCUT2D eigenvalue weighted by molar-refractivity contribution is 6.81. The van der Waals surface area contributed by atoms with Gasteiger partial charge in [0.1, 0.15) is 0 Å². The first-order chi connectivity index (χ1) is 8.12. The number of hydrogen-bond acceptors (Lipinski definition) is 3.